The van der Waals surface area contributed by atoms with Gasteiger partial charge in [-0.3, -0.25) is 4.79 Å². The third-order valence-corrected chi connectivity index (χ3v) is 3.50. The molecule has 1 atom stereocenters. The van der Waals surface area contributed by atoms with Crippen molar-refractivity contribution < 1.29 is 9.53 Å². The lowest BCUT2D eigenvalue weighted by molar-refractivity contribution is -0.132. The molecule has 1 amide bonds. The van der Waals surface area contributed by atoms with Crippen LogP contribution in [0.2, 0.25) is 5.02 Å². The molecule has 1 aromatic rings. The van der Waals surface area contributed by atoms with Crippen LogP contribution in [0.1, 0.15) is 12.8 Å². The van der Waals surface area contributed by atoms with E-state index in [9.17, 15) is 4.79 Å². The van der Waals surface area contributed by atoms with E-state index in [1.165, 1.54) is 0 Å². The topological polar surface area (TPSA) is 41.6 Å². The van der Waals surface area contributed by atoms with E-state index in [1.54, 1.807) is 17.0 Å². The summed E-state index contributed by atoms with van der Waals surface area (Å²) in [5, 5.41) is 3.89. The summed E-state index contributed by atoms with van der Waals surface area (Å²) in [4.78, 5) is 13.7. The van der Waals surface area contributed by atoms with Gasteiger partial charge < -0.3 is 15.0 Å². The van der Waals surface area contributed by atoms with E-state index in [0.717, 1.165) is 25.1 Å². The van der Waals surface area contributed by atoms with Crippen LogP contribution in [0.4, 0.5) is 0 Å². The van der Waals surface area contributed by atoms with Crippen LogP contribution in [0.15, 0.2) is 24.3 Å². The smallest absolute Gasteiger partial charge is 0.239 e. The molecule has 2 rings (SSSR count). The Balaban J connectivity index is 1.72. The van der Waals surface area contributed by atoms with Gasteiger partial charge in [0, 0.05) is 12.1 Å². The molecule has 4 nitrogen and oxygen atoms in total. The van der Waals surface area contributed by atoms with Crippen LogP contribution in [0, 0.1) is 0 Å². The van der Waals surface area contributed by atoms with Crippen molar-refractivity contribution in [2.45, 2.75) is 18.9 Å². The lowest BCUT2D eigenvalue weighted by Gasteiger charge is -2.21. The normalized spacial score (nSPS) is 18.3. The van der Waals surface area contributed by atoms with Crippen LogP contribution >= 0.6 is 11.6 Å². The van der Waals surface area contributed by atoms with E-state index in [0.29, 0.717) is 18.2 Å². The van der Waals surface area contributed by atoms with E-state index in [4.69, 9.17) is 16.3 Å². The van der Waals surface area contributed by atoms with Crippen molar-refractivity contribution in [3.8, 4) is 5.75 Å². The molecule has 0 aromatic heterocycles. The molecule has 104 valence electrons. The fourth-order valence-electron chi connectivity index (χ4n) is 2.10. The average Bonchev–Trinajstić information content (AvgIpc) is 2.94. The summed E-state index contributed by atoms with van der Waals surface area (Å²) >= 11 is 5.80. The second-order valence-corrected chi connectivity index (χ2v) is 5.15. The Morgan fingerprint density at radius 3 is 2.84 bits per heavy atom. The number of likely N-dealkylation sites (N-methyl/N-ethyl adjacent to an activating group) is 1. The third-order valence-electron chi connectivity index (χ3n) is 3.24. The van der Waals surface area contributed by atoms with Crippen LogP contribution < -0.4 is 10.1 Å². The zero-order valence-electron chi connectivity index (χ0n) is 11.1. The van der Waals surface area contributed by atoms with Crippen LogP contribution in [0.5, 0.6) is 5.75 Å². The van der Waals surface area contributed by atoms with Crippen molar-refractivity contribution in [3.05, 3.63) is 29.3 Å². The molecule has 19 heavy (non-hydrogen) atoms. The first-order valence-electron chi connectivity index (χ1n) is 6.53. The van der Waals surface area contributed by atoms with Gasteiger partial charge >= 0.3 is 0 Å². The van der Waals surface area contributed by atoms with Gasteiger partial charge in [-0.2, -0.15) is 0 Å². The Morgan fingerprint density at radius 1 is 1.47 bits per heavy atom. The molecular formula is C14H19ClN2O2. The summed E-state index contributed by atoms with van der Waals surface area (Å²) in [5.41, 5.74) is 0. The number of nitrogens with zero attached hydrogens (tertiary/aromatic N) is 1. The zero-order chi connectivity index (χ0) is 13.7. The van der Waals surface area contributed by atoms with Crippen molar-refractivity contribution in [2.24, 2.45) is 0 Å². The van der Waals surface area contributed by atoms with Crippen LogP contribution in [0.3, 0.4) is 0 Å². The largest absolute Gasteiger partial charge is 0.492 e. The molecule has 0 unspecified atom stereocenters. The number of amides is 1. The van der Waals surface area contributed by atoms with Gasteiger partial charge in [0.1, 0.15) is 12.4 Å². The molecule has 5 heteroatoms. The molecule has 0 saturated carbocycles. The lowest BCUT2D eigenvalue weighted by atomic mass is 10.2. The number of carbonyl (C=O) groups excluding carboxylic acids is 1. The summed E-state index contributed by atoms with van der Waals surface area (Å²) in [5.74, 6) is 0.918. The Labute approximate surface area is 118 Å². The molecule has 1 N–H and O–H groups in total. The highest BCUT2D eigenvalue weighted by atomic mass is 35.5. The molecular weight excluding hydrogens is 264 g/mol. The molecule has 0 spiro atoms. The fraction of sp³-hybridized carbons (Fsp3) is 0.500. The molecule has 1 saturated heterocycles. The highest BCUT2D eigenvalue weighted by molar-refractivity contribution is 6.30. The highest BCUT2D eigenvalue weighted by Crippen LogP contribution is 2.15. The number of halogens is 1. The van der Waals surface area contributed by atoms with Gasteiger partial charge in [-0.15, -0.1) is 0 Å². The minimum Gasteiger partial charge on any atom is -0.492 e. The third kappa shape index (κ3) is 4.11. The van der Waals surface area contributed by atoms with Crippen molar-refractivity contribution in [1.82, 2.24) is 10.2 Å². The first-order valence-corrected chi connectivity index (χ1v) is 6.91. The highest BCUT2D eigenvalue weighted by Gasteiger charge is 2.24. The maximum Gasteiger partial charge on any atom is 0.239 e. The van der Waals surface area contributed by atoms with Crippen molar-refractivity contribution in [1.29, 1.82) is 0 Å². The quantitative estimate of drug-likeness (QED) is 0.897. The van der Waals surface area contributed by atoms with E-state index in [-0.39, 0.29) is 11.9 Å². The van der Waals surface area contributed by atoms with Gasteiger partial charge in [0.25, 0.3) is 0 Å². The van der Waals surface area contributed by atoms with E-state index in [2.05, 4.69) is 5.32 Å². The van der Waals surface area contributed by atoms with Gasteiger partial charge in [-0.1, -0.05) is 11.6 Å². The predicted octanol–water partition coefficient (Wildman–Crippen LogP) is 1.93. The van der Waals surface area contributed by atoms with Gasteiger partial charge in [0.05, 0.1) is 12.6 Å². The van der Waals surface area contributed by atoms with E-state index >= 15 is 0 Å². The molecule has 1 aromatic carbocycles. The van der Waals surface area contributed by atoms with Gasteiger partial charge in [0.15, 0.2) is 0 Å². The summed E-state index contributed by atoms with van der Waals surface area (Å²) in [6.07, 6.45) is 2.01. The molecule has 1 fully saturated rings. The summed E-state index contributed by atoms with van der Waals surface area (Å²) < 4.78 is 5.57. The maximum absolute atomic E-state index is 12.0. The number of benzene rings is 1. The second-order valence-electron chi connectivity index (χ2n) is 4.71. The molecule has 1 aliphatic heterocycles. The number of hydrogen-bond donors (Lipinski definition) is 1. The van der Waals surface area contributed by atoms with Gasteiger partial charge in [-0.25, -0.2) is 0 Å². The Kier molecular flexibility index (Phi) is 5.05. The standard InChI is InChI=1S/C14H19ClN2O2/c1-17(14(18)13-3-2-8-16-13)9-10-19-12-6-4-11(15)5-7-12/h4-7,13,16H,2-3,8-10H2,1H3/t13-/m0/s1. The summed E-state index contributed by atoms with van der Waals surface area (Å²) in [6.45, 7) is 2.00. The van der Waals surface area contributed by atoms with Gasteiger partial charge in [-0.05, 0) is 43.7 Å². The first-order chi connectivity index (χ1) is 9.16. The number of rotatable bonds is 5. The summed E-state index contributed by atoms with van der Waals surface area (Å²) in [6, 6.07) is 7.20. The second kappa shape index (κ2) is 6.78. The number of nitrogens with one attached hydrogen (secondary N) is 1. The van der Waals surface area contributed by atoms with Crippen molar-refractivity contribution >= 4 is 17.5 Å². The number of carbonyl (C=O) groups is 1. The minimum absolute atomic E-state index is 0.0134. The number of ether oxygens (including phenoxy) is 1. The number of hydrogen-bond acceptors (Lipinski definition) is 3. The van der Waals surface area contributed by atoms with E-state index in [1.807, 2.05) is 19.2 Å². The monoisotopic (exact) mass is 282 g/mol. The maximum atomic E-state index is 12.0. The molecule has 1 aliphatic rings. The molecule has 0 radical (unpaired) electrons. The van der Waals surface area contributed by atoms with Crippen LogP contribution in [-0.4, -0.2) is 43.6 Å². The SMILES string of the molecule is CN(CCOc1ccc(Cl)cc1)C(=O)[C@@H]1CCCN1. The Bertz CT molecular complexity index is 416. The molecule has 1 heterocycles. The Morgan fingerprint density at radius 2 is 2.21 bits per heavy atom. The van der Waals surface area contributed by atoms with Crippen LogP contribution in [-0.2, 0) is 4.79 Å². The summed E-state index contributed by atoms with van der Waals surface area (Å²) in [7, 11) is 1.81. The van der Waals surface area contributed by atoms with Gasteiger partial charge in [0.2, 0.25) is 5.91 Å². The molecule has 0 bridgehead atoms. The zero-order valence-corrected chi connectivity index (χ0v) is 11.8. The van der Waals surface area contributed by atoms with Crippen molar-refractivity contribution in [2.75, 3.05) is 26.7 Å². The van der Waals surface area contributed by atoms with E-state index < -0.39 is 0 Å². The van der Waals surface area contributed by atoms with Crippen LogP contribution in [0.25, 0.3) is 0 Å². The molecule has 0 aliphatic carbocycles. The van der Waals surface area contributed by atoms with Crippen molar-refractivity contribution in [3.63, 3.8) is 0 Å². The fourth-order valence-corrected chi connectivity index (χ4v) is 2.23. The average molecular weight is 283 g/mol. The first kappa shape index (κ1) is 14.2. The minimum atomic E-state index is -0.0134. The Hall–Kier alpha value is -1.26. The lowest BCUT2D eigenvalue weighted by Crippen LogP contribution is -2.43. The predicted molar refractivity (Wildman–Crippen MR) is 75.6 cm³/mol.